The number of aliphatic hydroxyl groups is 1. The lowest BCUT2D eigenvalue weighted by atomic mass is 10.1. The quantitative estimate of drug-likeness (QED) is 0.725. The van der Waals surface area contributed by atoms with E-state index in [0.717, 1.165) is 37.1 Å². The van der Waals surface area contributed by atoms with Crippen LogP contribution in [0, 0.1) is 0 Å². The smallest absolute Gasteiger partial charge is 0.104 e. The summed E-state index contributed by atoms with van der Waals surface area (Å²) in [6, 6.07) is 5.64. The van der Waals surface area contributed by atoms with Gasteiger partial charge in [-0.15, -0.1) is 0 Å². The molecule has 0 unspecified atom stereocenters. The number of benzene rings is 1. The fraction of sp³-hybridized carbons (Fsp3) is 0.500. The second-order valence-corrected chi connectivity index (χ2v) is 5.37. The summed E-state index contributed by atoms with van der Waals surface area (Å²) in [5.74, 6) is 0. The topological polar surface area (TPSA) is 49.5 Å². The Bertz CT molecular complexity index is 426. The molecule has 5 heteroatoms. The molecular weight excluding hydrogens is 280 g/mol. The van der Waals surface area contributed by atoms with Crippen LogP contribution in [0.25, 0.3) is 0 Å². The highest BCUT2D eigenvalue weighted by atomic mass is 35.5. The lowest BCUT2D eigenvalue weighted by molar-refractivity contribution is 0.188. The number of nitrogens with zero attached hydrogens (tertiary/aromatic N) is 1. The Balaban J connectivity index is 2.75. The predicted octanol–water partition coefficient (Wildman–Crippen LogP) is 2.57. The summed E-state index contributed by atoms with van der Waals surface area (Å²) in [7, 11) is 0. The van der Waals surface area contributed by atoms with E-state index in [1.807, 2.05) is 12.1 Å². The number of aliphatic hydroxyl groups excluding tert-OH is 1. The van der Waals surface area contributed by atoms with Crippen LogP contribution in [0.3, 0.4) is 0 Å². The molecule has 0 amide bonds. The first-order valence-corrected chi connectivity index (χ1v) is 7.28. The van der Waals surface area contributed by atoms with Crippen LogP contribution in [0.4, 0.5) is 0 Å². The molecule has 19 heavy (non-hydrogen) atoms. The number of hydrogen-bond donors (Lipinski definition) is 2. The first-order chi connectivity index (χ1) is 9.08. The third kappa shape index (κ3) is 5.45. The molecule has 0 aliphatic carbocycles. The molecule has 0 saturated heterocycles. The number of thiocarbonyl (C=S) groups is 1. The minimum absolute atomic E-state index is 0.159. The third-order valence-corrected chi connectivity index (χ3v) is 3.56. The van der Waals surface area contributed by atoms with Gasteiger partial charge in [0.1, 0.15) is 4.99 Å². The summed E-state index contributed by atoms with van der Waals surface area (Å²) in [4.78, 5) is 2.55. The molecule has 3 nitrogen and oxygen atoms in total. The maximum Gasteiger partial charge on any atom is 0.104 e. The van der Waals surface area contributed by atoms with Gasteiger partial charge in [0.25, 0.3) is 0 Å². The Labute approximate surface area is 125 Å². The van der Waals surface area contributed by atoms with Crippen LogP contribution < -0.4 is 5.73 Å². The Kier molecular flexibility index (Phi) is 7.31. The van der Waals surface area contributed by atoms with Crippen LogP contribution in [-0.4, -0.2) is 34.7 Å². The minimum Gasteiger partial charge on any atom is -0.395 e. The molecule has 0 atom stereocenters. The van der Waals surface area contributed by atoms with Gasteiger partial charge in [0.2, 0.25) is 0 Å². The van der Waals surface area contributed by atoms with Gasteiger partial charge in [-0.3, -0.25) is 4.90 Å². The van der Waals surface area contributed by atoms with Gasteiger partial charge in [0.05, 0.1) is 6.61 Å². The van der Waals surface area contributed by atoms with E-state index >= 15 is 0 Å². The molecule has 0 aliphatic rings. The largest absolute Gasteiger partial charge is 0.395 e. The van der Waals surface area contributed by atoms with Gasteiger partial charge >= 0.3 is 0 Å². The SMILES string of the molecule is CCCCN(CCO)Cc1ccc(C(N)=S)cc1Cl. The molecule has 3 N–H and O–H groups in total. The average molecular weight is 301 g/mol. The van der Waals surface area contributed by atoms with Crippen molar-refractivity contribution >= 4 is 28.8 Å². The van der Waals surface area contributed by atoms with Gasteiger partial charge in [-0.25, -0.2) is 0 Å². The van der Waals surface area contributed by atoms with E-state index in [1.54, 1.807) is 6.07 Å². The van der Waals surface area contributed by atoms with Crippen LogP contribution in [-0.2, 0) is 6.54 Å². The van der Waals surface area contributed by atoms with Crippen molar-refractivity contribution in [2.45, 2.75) is 26.3 Å². The van der Waals surface area contributed by atoms with Crippen molar-refractivity contribution in [2.24, 2.45) is 5.73 Å². The summed E-state index contributed by atoms with van der Waals surface area (Å²) in [6.45, 7) is 4.67. The standard InChI is InChI=1S/C14H21ClN2OS/c1-2-3-6-17(7-8-18)10-12-5-4-11(14(16)19)9-13(12)15/h4-5,9,18H,2-3,6-8,10H2,1H3,(H2,16,19). The van der Waals surface area contributed by atoms with E-state index in [4.69, 9.17) is 34.7 Å². The van der Waals surface area contributed by atoms with Crippen molar-refractivity contribution in [3.63, 3.8) is 0 Å². The van der Waals surface area contributed by atoms with Crippen LogP contribution in [0.15, 0.2) is 18.2 Å². The zero-order chi connectivity index (χ0) is 14.3. The highest BCUT2D eigenvalue weighted by molar-refractivity contribution is 7.80. The first-order valence-electron chi connectivity index (χ1n) is 6.50. The third-order valence-electron chi connectivity index (χ3n) is 2.98. The van der Waals surface area contributed by atoms with E-state index < -0.39 is 0 Å². The fourth-order valence-electron chi connectivity index (χ4n) is 1.86. The van der Waals surface area contributed by atoms with Crippen molar-refractivity contribution in [1.29, 1.82) is 0 Å². The van der Waals surface area contributed by atoms with Crippen molar-refractivity contribution in [3.05, 3.63) is 34.3 Å². The normalized spacial score (nSPS) is 10.9. The van der Waals surface area contributed by atoms with Gasteiger partial charge in [-0.1, -0.05) is 49.3 Å². The van der Waals surface area contributed by atoms with Crippen LogP contribution in [0.2, 0.25) is 5.02 Å². The Morgan fingerprint density at radius 3 is 2.68 bits per heavy atom. The Morgan fingerprint density at radius 1 is 1.42 bits per heavy atom. The lowest BCUT2D eigenvalue weighted by Gasteiger charge is -2.21. The van der Waals surface area contributed by atoms with Crippen LogP contribution >= 0.6 is 23.8 Å². The predicted molar refractivity (Wildman–Crippen MR) is 84.6 cm³/mol. The van der Waals surface area contributed by atoms with Crippen molar-refractivity contribution in [2.75, 3.05) is 19.7 Å². The number of unbranched alkanes of at least 4 members (excludes halogenated alkanes) is 1. The summed E-state index contributed by atoms with van der Waals surface area (Å²) in [5, 5.41) is 9.76. The molecule has 0 saturated carbocycles. The zero-order valence-corrected chi connectivity index (χ0v) is 12.8. The number of halogens is 1. The molecule has 0 aliphatic heterocycles. The van der Waals surface area contributed by atoms with Crippen molar-refractivity contribution in [1.82, 2.24) is 4.90 Å². The molecule has 1 aromatic rings. The van der Waals surface area contributed by atoms with Crippen molar-refractivity contribution in [3.8, 4) is 0 Å². The second kappa shape index (κ2) is 8.48. The van der Waals surface area contributed by atoms with E-state index in [1.165, 1.54) is 0 Å². The van der Waals surface area contributed by atoms with Gasteiger partial charge in [0.15, 0.2) is 0 Å². The summed E-state index contributed by atoms with van der Waals surface area (Å²) in [6.07, 6.45) is 2.25. The molecule has 0 spiro atoms. The Hall–Kier alpha value is -0.680. The van der Waals surface area contributed by atoms with Gasteiger partial charge in [-0.05, 0) is 24.6 Å². The summed E-state index contributed by atoms with van der Waals surface area (Å²) < 4.78 is 0. The molecule has 1 aromatic carbocycles. The summed E-state index contributed by atoms with van der Waals surface area (Å²) in [5.41, 5.74) is 7.39. The fourth-order valence-corrected chi connectivity index (χ4v) is 2.23. The molecule has 1 rings (SSSR count). The van der Waals surface area contributed by atoms with E-state index in [9.17, 15) is 0 Å². The van der Waals surface area contributed by atoms with Crippen molar-refractivity contribution < 1.29 is 5.11 Å². The van der Waals surface area contributed by atoms with Crippen LogP contribution in [0.1, 0.15) is 30.9 Å². The molecule has 0 aromatic heterocycles. The van der Waals surface area contributed by atoms with E-state index in [-0.39, 0.29) is 6.61 Å². The van der Waals surface area contributed by atoms with E-state index in [2.05, 4.69) is 11.8 Å². The molecule has 0 radical (unpaired) electrons. The van der Waals surface area contributed by atoms with Gasteiger partial charge in [0, 0.05) is 23.7 Å². The monoisotopic (exact) mass is 300 g/mol. The van der Waals surface area contributed by atoms with E-state index in [0.29, 0.717) is 16.6 Å². The highest BCUT2D eigenvalue weighted by Crippen LogP contribution is 2.20. The molecule has 106 valence electrons. The maximum absolute atomic E-state index is 9.09. The number of hydrogen-bond acceptors (Lipinski definition) is 3. The van der Waals surface area contributed by atoms with Gasteiger partial charge in [-0.2, -0.15) is 0 Å². The highest BCUT2D eigenvalue weighted by Gasteiger charge is 2.09. The summed E-state index contributed by atoms with van der Waals surface area (Å²) >= 11 is 11.2. The van der Waals surface area contributed by atoms with Crippen LogP contribution in [0.5, 0.6) is 0 Å². The molecular formula is C14H21ClN2OS. The first kappa shape index (κ1) is 16.4. The average Bonchev–Trinajstić information content (AvgIpc) is 2.38. The number of nitrogens with two attached hydrogens (primary N) is 1. The second-order valence-electron chi connectivity index (χ2n) is 4.52. The van der Waals surface area contributed by atoms with Gasteiger partial charge < -0.3 is 10.8 Å². The zero-order valence-electron chi connectivity index (χ0n) is 11.2. The Morgan fingerprint density at radius 2 is 2.16 bits per heavy atom. The molecule has 0 bridgehead atoms. The molecule has 0 heterocycles. The maximum atomic E-state index is 9.09. The lowest BCUT2D eigenvalue weighted by Crippen LogP contribution is -2.27. The molecule has 0 fully saturated rings. The number of rotatable bonds is 8. The minimum atomic E-state index is 0.159.